The Balaban J connectivity index is 2.48. The molecule has 5 nitrogen and oxygen atoms in total. The molecule has 80 valence electrons. The highest BCUT2D eigenvalue weighted by Gasteiger charge is 2.03. The number of nitrogens with zero attached hydrogens (tertiary/aromatic N) is 1. The van der Waals surface area contributed by atoms with Gasteiger partial charge in [0.25, 0.3) is 0 Å². The average Bonchev–Trinajstić information content (AvgIpc) is 2.15. The highest BCUT2D eigenvalue weighted by atomic mass is 16.2. The number of pyridine rings is 1. The molecule has 0 aliphatic heterocycles. The van der Waals surface area contributed by atoms with Gasteiger partial charge in [-0.15, -0.1) is 0 Å². The number of hydrogen-bond acceptors (Lipinski definition) is 3. The molecule has 0 aliphatic carbocycles. The number of hydrogen-bond donors (Lipinski definition) is 2. The Labute approximate surface area is 87.9 Å². The Kier molecular flexibility index (Phi) is 3.79. The van der Waals surface area contributed by atoms with Gasteiger partial charge in [0.2, 0.25) is 11.8 Å². The fraction of sp³-hybridized carbons (Fsp3) is 0.300. The molecule has 0 atom stereocenters. The molecule has 0 spiro atoms. The van der Waals surface area contributed by atoms with Crippen LogP contribution in [0.3, 0.4) is 0 Å². The van der Waals surface area contributed by atoms with E-state index in [1.807, 2.05) is 13.0 Å². The zero-order valence-electron chi connectivity index (χ0n) is 8.70. The van der Waals surface area contributed by atoms with Crippen LogP contribution in [0.4, 0.5) is 5.82 Å². The van der Waals surface area contributed by atoms with Crippen molar-refractivity contribution in [3.05, 3.63) is 23.9 Å². The molecule has 2 amide bonds. The van der Waals surface area contributed by atoms with Crippen molar-refractivity contribution in [1.82, 2.24) is 10.3 Å². The van der Waals surface area contributed by atoms with Gasteiger partial charge in [-0.25, -0.2) is 4.98 Å². The van der Waals surface area contributed by atoms with Crippen molar-refractivity contribution in [1.29, 1.82) is 0 Å². The third-order valence-corrected chi connectivity index (χ3v) is 1.68. The number of aromatic nitrogens is 1. The van der Waals surface area contributed by atoms with E-state index in [2.05, 4.69) is 15.6 Å². The van der Waals surface area contributed by atoms with Crippen molar-refractivity contribution >= 4 is 17.6 Å². The van der Waals surface area contributed by atoms with Gasteiger partial charge in [0.1, 0.15) is 5.82 Å². The number of aryl methyl sites for hydroxylation is 1. The largest absolute Gasteiger partial charge is 0.347 e. The van der Waals surface area contributed by atoms with Crippen molar-refractivity contribution in [2.45, 2.75) is 13.8 Å². The first-order valence-corrected chi connectivity index (χ1v) is 4.55. The summed E-state index contributed by atoms with van der Waals surface area (Å²) in [5.74, 6) is -0.0315. The highest BCUT2D eigenvalue weighted by Crippen LogP contribution is 2.04. The summed E-state index contributed by atoms with van der Waals surface area (Å²) in [4.78, 5) is 25.8. The normalized spacial score (nSPS) is 9.47. The van der Waals surface area contributed by atoms with E-state index in [0.717, 1.165) is 5.56 Å². The molecule has 0 saturated heterocycles. The highest BCUT2D eigenvalue weighted by molar-refractivity contribution is 5.93. The summed E-state index contributed by atoms with van der Waals surface area (Å²) in [6, 6.07) is 3.59. The summed E-state index contributed by atoms with van der Waals surface area (Å²) in [6.07, 6.45) is 1.61. The Morgan fingerprint density at radius 2 is 2.20 bits per heavy atom. The van der Waals surface area contributed by atoms with Crippen LogP contribution in [0.5, 0.6) is 0 Å². The molecule has 0 saturated carbocycles. The van der Waals surface area contributed by atoms with Gasteiger partial charge in [-0.05, 0) is 24.6 Å². The Bertz CT molecular complexity index is 377. The summed E-state index contributed by atoms with van der Waals surface area (Å²) in [7, 11) is 0. The molecule has 2 N–H and O–H groups in total. The monoisotopic (exact) mass is 207 g/mol. The van der Waals surface area contributed by atoms with Gasteiger partial charge in [0.05, 0.1) is 6.54 Å². The number of carbonyl (C=O) groups is 2. The topological polar surface area (TPSA) is 71.1 Å². The van der Waals surface area contributed by atoms with Gasteiger partial charge in [0.15, 0.2) is 0 Å². The van der Waals surface area contributed by atoms with E-state index in [-0.39, 0.29) is 18.4 Å². The van der Waals surface area contributed by atoms with Gasteiger partial charge in [0, 0.05) is 13.1 Å². The molecular weight excluding hydrogens is 194 g/mol. The Morgan fingerprint density at radius 1 is 1.47 bits per heavy atom. The lowest BCUT2D eigenvalue weighted by Gasteiger charge is -2.04. The zero-order valence-corrected chi connectivity index (χ0v) is 8.70. The first-order valence-electron chi connectivity index (χ1n) is 4.55. The maximum Gasteiger partial charge on any atom is 0.244 e. The Hall–Kier alpha value is -1.91. The van der Waals surface area contributed by atoms with Crippen LogP contribution in [0.2, 0.25) is 0 Å². The zero-order chi connectivity index (χ0) is 11.3. The minimum atomic E-state index is -0.289. The van der Waals surface area contributed by atoms with Crippen LogP contribution in [0.25, 0.3) is 0 Å². The predicted molar refractivity (Wildman–Crippen MR) is 56.3 cm³/mol. The molecule has 15 heavy (non-hydrogen) atoms. The van der Waals surface area contributed by atoms with E-state index in [4.69, 9.17) is 0 Å². The lowest BCUT2D eigenvalue weighted by Crippen LogP contribution is -2.31. The molecule has 0 aliphatic rings. The quantitative estimate of drug-likeness (QED) is 0.756. The molecule has 1 heterocycles. The second-order valence-electron chi connectivity index (χ2n) is 3.18. The van der Waals surface area contributed by atoms with E-state index in [1.54, 1.807) is 12.3 Å². The third-order valence-electron chi connectivity index (χ3n) is 1.68. The van der Waals surface area contributed by atoms with Crippen molar-refractivity contribution < 1.29 is 9.59 Å². The van der Waals surface area contributed by atoms with E-state index >= 15 is 0 Å². The van der Waals surface area contributed by atoms with Gasteiger partial charge >= 0.3 is 0 Å². The fourth-order valence-electron chi connectivity index (χ4n) is 0.996. The number of anilines is 1. The molecule has 0 radical (unpaired) electrons. The minimum absolute atomic E-state index is 0.0368. The summed E-state index contributed by atoms with van der Waals surface area (Å²) in [5.41, 5.74) is 1.01. The van der Waals surface area contributed by atoms with Crippen LogP contribution in [0.15, 0.2) is 18.3 Å². The summed E-state index contributed by atoms with van der Waals surface area (Å²) in [5, 5.41) is 4.97. The number of carbonyl (C=O) groups excluding carboxylic acids is 2. The maximum absolute atomic E-state index is 11.3. The fourth-order valence-corrected chi connectivity index (χ4v) is 0.996. The Morgan fingerprint density at radius 3 is 2.80 bits per heavy atom. The van der Waals surface area contributed by atoms with Crippen LogP contribution in [0.1, 0.15) is 12.5 Å². The first-order chi connectivity index (χ1) is 7.08. The molecule has 1 aromatic rings. The van der Waals surface area contributed by atoms with Crippen molar-refractivity contribution in [2.24, 2.45) is 0 Å². The van der Waals surface area contributed by atoms with Crippen molar-refractivity contribution in [2.75, 3.05) is 11.9 Å². The summed E-state index contributed by atoms with van der Waals surface area (Å²) in [6.45, 7) is 3.23. The number of rotatable bonds is 3. The van der Waals surface area contributed by atoms with Crippen LogP contribution >= 0.6 is 0 Å². The van der Waals surface area contributed by atoms with E-state index in [0.29, 0.717) is 5.82 Å². The second-order valence-corrected chi connectivity index (χ2v) is 3.18. The van der Waals surface area contributed by atoms with Gasteiger partial charge < -0.3 is 10.6 Å². The first kappa shape index (κ1) is 11.2. The molecule has 0 aromatic carbocycles. The third kappa shape index (κ3) is 4.21. The van der Waals surface area contributed by atoms with Gasteiger partial charge in [-0.2, -0.15) is 0 Å². The van der Waals surface area contributed by atoms with Crippen molar-refractivity contribution in [3.63, 3.8) is 0 Å². The smallest absolute Gasteiger partial charge is 0.244 e. The maximum atomic E-state index is 11.3. The molecular formula is C10H13N3O2. The van der Waals surface area contributed by atoms with Crippen LogP contribution in [-0.2, 0) is 9.59 Å². The SMILES string of the molecule is CC(=O)NCC(=O)Nc1cc(C)ccn1. The molecule has 0 fully saturated rings. The molecule has 5 heteroatoms. The standard InChI is InChI=1S/C10H13N3O2/c1-7-3-4-11-9(5-7)13-10(15)6-12-8(2)14/h3-5H,6H2,1-2H3,(H,12,14)(H,11,13,15). The van der Waals surface area contributed by atoms with Crippen LogP contribution in [0, 0.1) is 6.92 Å². The molecule has 0 unspecified atom stereocenters. The van der Waals surface area contributed by atoms with Crippen molar-refractivity contribution in [3.8, 4) is 0 Å². The molecule has 0 bridgehead atoms. The second kappa shape index (κ2) is 5.09. The summed E-state index contributed by atoms with van der Waals surface area (Å²) < 4.78 is 0. The van der Waals surface area contributed by atoms with Crippen LogP contribution < -0.4 is 10.6 Å². The molecule has 1 aromatic heterocycles. The van der Waals surface area contributed by atoms with Crippen LogP contribution in [-0.4, -0.2) is 23.3 Å². The lowest BCUT2D eigenvalue weighted by molar-refractivity contribution is -0.122. The lowest BCUT2D eigenvalue weighted by atomic mass is 10.3. The van der Waals surface area contributed by atoms with Gasteiger partial charge in [-0.3, -0.25) is 9.59 Å². The summed E-state index contributed by atoms with van der Waals surface area (Å²) >= 11 is 0. The van der Waals surface area contributed by atoms with E-state index in [9.17, 15) is 9.59 Å². The minimum Gasteiger partial charge on any atom is -0.347 e. The van der Waals surface area contributed by atoms with Gasteiger partial charge in [-0.1, -0.05) is 0 Å². The molecule has 1 rings (SSSR count). The van der Waals surface area contributed by atoms with E-state index in [1.165, 1.54) is 6.92 Å². The average molecular weight is 207 g/mol. The number of amides is 2. The van der Waals surface area contributed by atoms with E-state index < -0.39 is 0 Å². The number of nitrogens with one attached hydrogen (secondary N) is 2. The predicted octanol–water partition coefficient (Wildman–Crippen LogP) is 0.465.